The molecule has 0 spiro atoms. The Labute approximate surface area is 120 Å². The van der Waals surface area contributed by atoms with Gasteiger partial charge < -0.3 is 15.2 Å². The summed E-state index contributed by atoms with van der Waals surface area (Å²) in [6, 6.07) is 11.8. The van der Waals surface area contributed by atoms with E-state index in [1.165, 1.54) is 18.2 Å². The van der Waals surface area contributed by atoms with Crippen molar-refractivity contribution in [2.45, 2.75) is 6.18 Å². The van der Waals surface area contributed by atoms with E-state index in [9.17, 15) is 13.2 Å². The van der Waals surface area contributed by atoms with Gasteiger partial charge in [0.15, 0.2) is 0 Å². The zero-order valence-corrected chi connectivity index (χ0v) is 11.1. The normalized spacial score (nSPS) is 11.2. The van der Waals surface area contributed by atoms with Gasteiger partial charge in [0.1, 0.15) is 24.7 Å². The lowest BCUT2D eigenvalue weighted by Crippen LogP contribution is -2.13. The van der Waals surface area contributed by atoms with Gasteiger partial charge in [0.2, 0.25) is 0 Å². The number of nitrogen functional groups attached to an aromatic ring is 1. The van der Waals surface area contributed by atoms with E-state index in [0.717, 1.165) is 6.07 Å². The Kier molecular flexibility index (Phi) is 4.57. The molecule has 0 unspecified atom stereocenters. The van der Waals surface area contributed by atoms with Gasteiger partial charge >= 0.3 is 6.18 Å². The van der Waals surface area contributed by atoms with E-state index in [1.807, 2.05) is 0 Å². The van der Waals surface area contributed by atoms with Gasteiger partial charge in [-0.15, -0.1) is 0 Å². The van der Waals surface area contributed by atoms with Crippen molar-refractivity contribution in [3.63, 3.8) is 0 Å². The van der Waals surface area contributed by atoms with Crippen LogP contribution in [0.3, 0.4) is 0 Å². The van der Waals surface area contributed by atoms with Gasteiger partial charge in [-0.25, -0.2) is 0 Å². The highest BCUT2D eigenvalue weighted by Crippen LogP contribution is 2.35. The van der Waals surface area contributed by atoms with Crippen LogP contribution in [-0.2, 0) is 6.18 Å². The Bertz CT molecular complexity index is 599. The van der Waals surface area contributed by atoms with Crippen LogP contribution >= 0.6 is 0 Å². The topological polar surface area (TPSA) is 44.5 Å². The van der Waals surface area contributed by atoms with Crippen molar-refractivity contribution in [1.82, 2.24) is 0 Å². The molecule has 0 aliphatic rings. The maximum absolute atomic E-state index is 12.7. The maximum atomic E-state index is 12.7. The van der Waals surface area contributed by atoms with Gasteiger partial charge in [-0.05, 0) is 24.3 Å². The largest absolute Gasteiger partial charge is 0.490 e. The van der Waals surface area contributed by atoms with Crippen LogP contribution in [0.1, 0.15) is 5.56 Å². The molecule has 2 aromatic carbocycles. The molecule has 0 radical (unpaired) electrons. The van der Waals surface area contributed by atoms with Gasteiger partial charge in [0.05, 0.1) is 5.56 Å². The van der Waals surface area contributed by atoms with Crippen molar-refractivity contribution in [2.24, 2.45) is 0 Å². The minimum Gasteiger partial charge on any atom is -0.490 e. The van der Waals surface area contributed by atoms with Crippen molar-refractivity contribution in [3.8, 4) is 11.5 Å². The minimum absolute atomic E-state index is 0.00188. The summed E-state index contributed by atoms with van der Waals surface area (Å²) in [7, 11) is 0. The molecule has 0 heterocycles. The summed E-state index contributed by atoms with van der Waals surface area (Å²) in [4.78, 5) is 0. The van der Waals surface area contributed by atoms with E-state index in [0.29, 0.717) is 11.4 Å². The highest BCUT2D eigenvalue weighted by atomic mass is 19.4. The molecule has 0 fully saturated rings. The molecule has 3 nitrogen and oxygen atoms in total. The molecule has 2 N–H and O–H groups in total. The first-order valence-corrected chi connectivity index (χ1v) is 6.24. The van der Waals surface area contributed by atoms with Gasteiger partial charge in [-0.1, -0.05) is 18.2 Å². The number of para-hydroxylation sites is 1. The summed E-state index contributed by atoms with van der Waals surface area (Å²) in [6.07, 6.45) is -4.44. The number of nitrogens with two attached hydrogens (primary N) is 1. The maximum Gasteiger partial charge on any atom is 0.419 e. The van der Waals surface area contributed by atoms with Gasteiger partial charge in [-0.3, -0.25) is 0 Å². The number of hydrogen-bond acceptors (Lipinski definition) is 3. The monoisotopic (exact) mass is 297 g/mol. The van der Waals surface area contributed by atoms with Crippen LogP contribution < -0.4 is 15.2 Å². The first-order chi connectivity index (χ1) is 9.97. The molecule has 2 rings (SSSR count). The van der Waals surface area contributed by atoms with E-state index in [-0.39, 0.29) is 19.0 Å². The average molecular weight is 297 g/mol. The Balaban J connectivity index is 1.90. The van der Waals surface area contributed by atoms with E-state index < -0.39 is 11.7 Å². The van der Waals surface area contributed by atoms with Crippen LogP contribution in [0.4, 0.5) is 18.9 Å². The summed E-state index contributed by atoms with van der Waals surface area (Å²) in [5, 5.41) is 0. The lowest BCUT2D eigenvalue weighted by molar-refractivity contribution is -0.139. The van der Waals surface area contributed by atoms with Crippen molar-refractivity contribution in [2.75, 3.05) is 18.9 Å². The van der Waals surface area contributed by atoms with E-state index in [1.54, 1.807) is 24.3 Å². The highest BCUT2D eigenvalue weighted by Gasteiger charge is 2.33. The fourth-order valence-corrected chi connectivity index (χ4v) is 1.74. The molecule has 6 heteroatoms. The highest BCUT2D eigenvalue weighted by molar-refractivity contribution is 5.43. The number of ether oxygens (including phenoxy) is 2. The summed E-state index contributed by atoms with van der Waals surface area (Å²) in [5.41, 5.74) is 5.34. The number of hydrogen-bond donors (Lipinski definition) is 1. The zero-order valence-electron chi connectivity index (χ0n) is 11.1. The molecule has 0 saturated carbocycles. The summed E-state index contributed by atoms with van der Waals surface area (Å²) < 4.78 is 48.7. The third-order valence-electron chi connectivity index (χ3n) is 2.66. The van der Waals surface area contributed by atoms with Gasteiger partial charge in [0.25, 0.3) is 0 Å². The number of alkyl halides is 3. The smallest absolute Gasteiger partial charge is 0.419 e. The Morgan fingerprint density at radius 1 is 0.905 bits per heavy atom. The van der Waals surface area contributed by atoms with Gasteiger partial charge in [0, 0.05) is 11.8 Å². The van der Waals surface area contributed by atoms with E-state index in [4.69, 9.17) is 15.2 Å². The number of benzene rings is 2. The lowest BCUT2D eigenvalue weighted by Gasteiger charge is -2.14. The van der Waals surface area contributed by atoms with Crippen LogP contribution in [-0.4, -0.2) is 13.2 Å². The van der Waals surface area contributed by atoms with Crippen molar-refractivity contribution in [1.29, 1.82) is 0 Å². The van der Waals surface area contributed by atoms with Crippen molar-refractivity contribution < 1.29 is 22.6 Å². The van der Waals surface area contributed by atoms with Crippen LogP contribution in [0.25, 0.3) is 0 Å². The number of rotatable bonds is 5. The number of halogens is 3. The Hall–Kier alpha value is -2.37. The molecular weight excluding hydrogens is 283 g/mol. The molecule has 0 bridgehead atoms. The first kappa shape index (κ1) is 15.0. The van der Waals surface area contributed by atoms with Crippen LogP contribution in [0.5, 0.6) is 11.5 Å². The van der Waals surface area contributed by atoms with Crippen LogP contribution in [0.2, 0.25) is 0 Å². The molecule has 0 amide bonds. The fraction of sp³-hybridized carbons (Fsp3) is 0.200. The molecule has 0 aliphatic carbocycles. The first-order valence-electron chi connectivity index (χ1n) is 6.24. The second kappa shape index (κ2) is 6.39. The summed E-state index contributed by atoms with van der Waals surface area (Å²) >= 11 is 0. The van der Waals surface area contributed by atoms with Crippen molar-refractivity contribution >= 4 is 5.69 Å². The molecule has 0 aliphatic heterocycles. The molecule has 0 aromatic heterocycles. The minimum atomic E-state index is -4.44. The molecule has 21 heavy (non-hydrogen) atoms. The molecule has 2 aromatic rings. The quantitative estimate of drug-likeness (QED) is 0.675. The zero-order chi connectivity index (χ0) is 15.3. The summed E-state index contributed by atoms with van der Waals surface area (Å²) in [6.45, 7) is 0.123. The summed E-state index contributed by atoms with van der Waals surface area (Å²) in [5.74, 6) is 0.337. The molecule has 0 atom stereocenters. The predicted octanol–water partition coefficient (Wildman–Crippen LogP) is 3.75. The molecule has 0 saturated heterocycles. The third kappa shape index (κ3) is 4.30. The Morgan fingerprint density at radius 2 is 1.62 bits per heavy atom. The molecular formula is C15H14F3NO2. The predicted molar refractivity (Wildman–Crippen MR) is 73.3 cm³/mol. The van der Waals surface area contributed by atoms with Crippen molar-refractivity contribution in [3.05, 3.63) is 54.1 Å². The SMILES string of the molecule is Nc1cccc(OCCOc2ccccc2C(F)(F)F)c1. The molecule has 112 valence electrons. The Morgan fingerprint density at radius 3 is 2.33 bits per heavy atom. The van der Waals surface area contributed by atoms with E-state index >= 15 is 0 Å². The van der Waals surface area contributed by atoms with Crippen LogP contribution in [0, 0.1) is 0 Å². The second-order valence-corrected chi connectivity index (χ2v) is 4.26. The standard InChI is InChI=1S/C15H14F3NO2/c16-15(17,18)13-6-1-2-7-14(13)21-9-8-20-12-5-3-4-11(19)10-12/h1-7,10H,8-9,19H2. The lowest BCUT2D eigenvalue weighted by atomic mass is 10.2. The average Bonchev–Trinajstić information content (AvgIpc) is 2.43. The second-order valence-electron chi connectivity index (χ2n) is 4.26. The van der Waals surface area contributed by atoms with E-state index in [2.05, 4.69) is 0 Å². The fourth-order valence-electron chi connectivity index (χ4n) is 1.74. The third-order valence-corrected chi connectivity index (χ3v) is 2.66. The number of anilines is 1. The van der Waals surface area contributed by atoms with Crippen LogP contribution in [0.15, 0.2) is 48.5 Å². The van der Waals surface area contributed by atoms with Gasteiger partial charge in [-0.2, -0.15) is 13.2 Å².